The van der Waals surface area contributed by atoms with Gasteiger partial charge in [0.1, 0.15) is 26.9 Å². The summed E-state index contributed by atoms with van der Waals surface area (Å²) in [6.45, 7) is 1.38. The zero-order valence-electron chi connectivity index (χ0n) is 20.8. The third kappa shape index (κ3) is 7.29. The molecule has 216 valence electrons. The predicted octanol–water partition coefficient (Wildman–Crippen LogP) is 5.64. The monoisotopic (exact) mass is 623 g/mol. The van der Waals surface area contributed by atoms with E-state index in [1.807, 2.05) is 0 Å². The highest BCUT2D eigenvalue weighted by molar-refractivity contribution is 7.94. The number of para-hydroxylation sites is 1. The van der Waals surface area contributed by atoms with E-state index in [0.717, 1.165) is 6.07 Å². The number of nitrogens with one attached hydrogen (secondary N) is 1. The number of phenolic OH excluding ortho intramolecular Hbond substituents is 1. The topological polar surface area (TPSA) is 214 Å². The van der Waals surface area contributed by atoms with Crippen molar-refractivity contribution >= 4 is 60.1 Å². The van der Waals surface area contributed by atoms with Crippen LogP contribution < -0.4 is 10.1 Å². The number of rotatable bonds is 11. The molecule has 0 saturated heterocycles. The summed E-state index contributed by atoms with van der Waals surface area (Å²) in [6.07, 6.45) is 0. The first kappa shape index (κ1) is 30.2. The number of aryl methyl sites for hydroxylation is 1. The zero-order chi connectivity index (χ0) is 29.8. The second kappa shape index (κ2) is 12.4. The Bertz CT molecular complexity index is 1830. The van der Waals surface area contributed by atoms with Crippen LogP contribution in [0, 0.1) is 6.92 Å². The normalized spacial score (nSPS) is 12.2. The second-order valence-electron chi connectivity index (χ2n) is 8.27. The van der Waals surface area contributed by atoms with Crippen LogP contribution in [-0.4, -0.2) is 43.0 Å². The van der Waals surface area contributed by atoms with Crippen LogP contribution in [0.5, 0.6) is 11.5 Å². The van der Waals surface area contributed by atoms with Gasteiger partial charge in [0.05, 0.1) is 22.6 Å². The number of nitrogens with zero attached hydrogens (tertiary/aromatic N) is 2. The van der Waals surface area contributed by atoms with Crippen molar-refractivity contribution in [1.29, 1.82) is 0 Å². The lowest BCUT2D eigenvalue weighted by Gasteiger charge is -2.15. The maximum Gasteiger partial charge on any atom is 0.296 e. The van der Waals surface area contributed by atoms with Crippen LogP contribution in [0.1, 0.15) is 5.56 Å². The first-order valence-electron chi connectivity index (χ1n) is 11.3. The lowest BCUT2D eigenvalue weighted by Crippen LogP contribution is -2.12. The van der Waals surface area contributed by atoms with Crippen LogP contribution in [0.4, 0.5) is 17.1 Å². The Kier molecular flexibility index (Phi) is 9.10. The number of phenols is 1. The number of hydrogen-bond donors (Lipinski definition) is 5. The fourth-order valence-corrected chi connectivity index (χ4v) is 5.55. The lowest BCUT2D eigenvalue weighted by molar-refractivity contribution is -0.432. The standard InChI is InChI=1S/C24H21N3O11S3/c1-14-7-8-18(21(9-14)40(30,31)32)26-27-23-20(39-38-37-29)10-15-11-22(41(33,34)35)19(12-17(15)24(23)28)25-13-36-16-5-3-2-4-6-16/h2-12,25,28-29H,13H2,1H3,(H,30,31,32)(H,33,34,35). The molecule has 5 N–H and O–H groups in total. The summed E-state index contributed by atoms with van der Waals surface area (Å²) in [5.74, 6) is -0.0856. The van der Waals surface area contributed by atoms with Gasteiger partial charge in [0.25, 0.3) is 20.2 Å². The molecule has 0 saturated carbocycles. The van der Waals surface area contributed by atoms with Crippen molar-refractivity contribution in [3.8, 4) is 11.5 Å². The van der Waals surface area contributed by atoms with E-state index in [0.29, 0.717) is 23.4 Å². The van der Waals surface area contributed by atoms with Crippen molar-refractivity contribution in [3.63, 3.8) is 0 Å². The van der Waals surface area contributed by atoms with Crippen LogP contribution in [0.15, 0.2) is 91.6 Å². The van der Waals surface area contributed by atoms with Crippen molar-refractivity contribution in [3.05, 3.63) is 72.3 Å². The summed E-state index contributed by atoms with van der Waals surface area (Å²) in [7, 11) is -9.45. The zero-order valence-corrected chi connectivity index (χ0v) is 23.3. The minimum Gasteiger partial charge on any atom is -0.505 e. The molecule has 41 heavy (non-hydrogen) atoms. The molecule has 4 aromatic carbocycles. The van der Waals surface area contributed by atoms with Crippen LogP contribution >= 0.6 is 12.0 Å². The average molecular weight is 624 g/mol. The third-order valence-electron chi connectivity index (χ3n) is 5.48. The summed E-state index contributed by atoms with van der Waals surface area (Å²) in [5.41, 5.74) is -0.167. The van der Waals surface area contributed by atoms with Crippen molar-refractivity contribution in [2.45, 2.75) is 21.6 Å². The highest BCUT2D eigenvalue weighted by Crippen LogP contribution is 2.46. The molecule has 4 rings (SSSR count). The summed E-state index contributed by atoms with van der Waals surface area (Å²) in [5, 5.41) is 34.0. The smallest absolute Gasteiger partial charge is 0.296 e. The lowest BCUT2D eigenvalue weighted by atomic mass is 10.1. The number of aromatic hydroxyl groups is 1. The minimum atomic E-state index is -4.77. The van der Waals surface area contributed by atoms with Gasteiger partial charge < -0.3 is 15.2 Å². The van der Waals surface area contributed by atoms with Crippen molar-refractivity contribution < 1.29 is 50.4 Å². The van der Waals surface area contributed by atoms with Crippen molar-refractivity contribution in [1.82, 2.24) is 0 Å². The molecule has 4 aromatic rings. The Balaban J connectivity index is 1.83. The number of benzene rings is 4. The van der Waals surface area contributed by atoms with Gasteiger partial charge in [-0.1, -0.05) is 29.3 Å². The highest BCUT2D eigenvalue weighted by atomic mass is 32.2. The molecule has 0 aliphatic rings. The van der Waals surface area contributed by atoms with E-state index in [4.69, 9.17) is 9.99 Å². The average Bonchev–Trinajstić information content (AvgIpc) is 2.91. The Labute approximate surface area is 237 Å². The predicted molar refractivity (Wildman–Crippen MR) is 147 cm³/mol. The van der Waals surface area contributed by atoms with Gasteiger partial charge in [-0.3, -0.25) is 9.11 Å². The fraction of sp³-hybridized carbons (Fsp3) is 0.0833. The molecule has 0 unspecified atom stereocenters. The third-order valence-corrected chi connectivity index (χ3v) is 7.87. The van der Waals surface area contributed by atoms with Gasteiger partial charge in [-0.25, -0.2) is 5.26 Å². The molecular weight excluding hydrogens is 602 g/mol. The summed E-state index contributed by atoms with van der Waals surface area (Å²) in [4.78, 5) is -1.14. The molecule has 0 aliphatic heterocycles. The molecule has 0 fully saturated rings. The Morgan fingerprint density at radius 1 is 0.902 bits per heavy atom. The second-order valence-corrected chi connectivity index (χ2v) is 11.8. The van der Waals surface area contributed by atoms with Gasteiger partial charge in [-0.2, -0.15) is 16.8 Å². The quantitative estimate of drug-likeness (QED) is 0.0342. The van der Waals surface area contributed by atoms with Crippen LogP contribution in [0.25, 0.3) is 10.8 Å². The van der Waals surface area contributed by atoms with Crippen molar-refractivity contribution in [2.75, 3.05) is 12.0 Å². The van der Waals surface area contributed by atoms with E-state index < -0.39 is 35.8 Å². The molecule has 14 nitrogen and oxygen atoms in total. The molecule has 0 heterocycles. The summed E-state index contributed by atoms with van der Waals surface area (Å²) < 4.78 is 77.4. The highest BCUT2D eigenvalue weighted by Gasteiger charge is 2.22. The number of anilines is 1. The van der Waals surface area contributed by atoms with E-state index in [1.54, 1.807) is 37.3 Å². The number of hydrogen-bond acceptors (Lipinski definition) is 13. The van der Waals surface area contributed by atoms with Crippen LogP contribution in [-0.2, 0) is 29.6 Å². The van der Waals surface area contributed by atoms with Gasteiger partial charge in [0.2, 0.25) is 0 Å². The minimum absolute atomic E-state index is 0.0294. The number of azo groups is 1. The molecule has 0 radical (unpaired) electrons. The van der Waals surface area contributed by atoms with E-state index in [9.17, 15) is 31.0 Å². The maximum atomic E-state index is 12.2. The molecular formula is C24H21N3O11S3. The van der Waals surface area contributed by atoms with Crippen LogP contribution in [0.3, 0.4) is 0 Å². The van der Waals surface area contributed by atoms with E-state index in [-0.39, 0.29) is 39.5 Å². The van der Waals surface area contributed by atoms with E-state index >= 15 is 0 Å². The largest absolute Gasteiger partial charge is 0.505 e. The first-order chi connectivity index (χ1) is 19.4. The molecule has 0 aromatic heterocycles. The van der Waals surface area contributed by atoms with Gasteiger partial charge >= 0.3 is 0 Å². The Hall–Kier alpha value is -3.81. The van der Waals surface area contributed by atoms with Crippen molar-refractivity contribution in [2.24, 2.45) is 10.2 Å². The van der Waals surface area contributed by atoms with Gasteiger partial charge in [0, 0.05) is 5.39 Å². The number of fused-ring (bicyclic) bond motifs is 1. The SMILES string of the molecule is Cc1ccc(N=Nc2c(SOOO)cc3cc(S(=O)(=O)O)c(NCOc4ccccc4)cc3c2O)c(S(=O)(=O)O)c1. The number of ether oxygens (including phenoxy) is 1. The van der Waals surface area contributed by atoms with Gasteiger partial charge in [0.15, 0.2) is 12.5 Å². The van der Waals surface area contributed by atoms with Crippen LogP contribution in [0.2, 0.25) is 0 Å². The van der Waals surface area contributed by atoms with E-state index in [2.05, 4.69) is 24.9 Å². The molecule has 17 heteroatoms. The molecule has 0 aliphatic carbocycles. The Morgan fingerprint density at radius 2 is 1.61 bits per heavy atom. The van der Waals surface area contributed by atoms with E-state index in [1.165, 1.54) is 30.3 Å². The molecule has 0 bridgehead atoms. The van der Waals surface area contributed by atoms with Gasteiger partial charge in [-0.15, -0.1) is 14.6 Å². The molecule has 0 spiro atoms. The Morgan fingerprint density at radius 3 is 2.27 bits per heavy atom. The molecule has 0 amide bonds. The van der Waals surface area contributed by atoms with Gasteiger partial charge in [-0.05, 0) is 60.3 Å². The molecule has 0 atom stereocenters. The summed E-state index contributed by atoms with van der Waals surface area (Å²) >= 11 is 0.351. The fourth-order valence-electron chi connectivity index (χ4n) is 3.67. The maximum absolute atomic E-state index is 12.2. The summed E-state index contributed by atoms with van der Waals surface area (Å²) in [6, 6.07) is 16.1. The first-order valence-corrected chi connectivity index (χ1v) is 14.9.